The predicted molar refractivity (Wildman–Crippen MR) is 74.9 cm³/mol. The highest BCUT2D eigenvalue weighted by atomic mass is 35.5. The van der Waals surface area contributed by atoms with Gasteiger partial charge in [-0.15, -0.1) is 0 Å². The van der Waals surface area contributed by atoms with Gasteiger partial charge < -0.3 is 10.6 Å². The first-order chi connectivity index (χ1) is 9.60. The fourth-order valence-corrected chi connectivity index (χ4v) is 1.77. The molecule has 0 aliphatic rings. The van der Waals surface area contributed by atoms with Crippen molar-refractivity contribution >= 4 is 23.4 Å². The lowest BCUT2D eigenvalue weighted by molar-refractivity contribution is 0.617. The van der Waals surface area contributed by atoms with Crippen molar-refractivity contribution in [1.29, 1.82) is 0 Å². The number of aromatic nitrogens is 2. The largest absolute Gasteiger partial charge is 0.363 e. The van der Waals surface area contributed by atoms with E-state index >= 15 is 0 Å². The molecule has 0 atom stereocenters. The Bertz CT molecular complexity index is 607. The van der Waals surface area contributed by atoms with Gasteiger partial charge in [-0.05, 0) is 24.6 Å². The van der Waals surface area contributed by atoms with Gasteiger partial charge in [0.1, 0.15) is 5.82 Å². The van der Waals surface area contributed by atoms with E-state index in [2.05, 4.69) is 20.6 Å². The second kappa shape index (κ2) is 6.47. The molecule has 2 aromatic rings. The highest BCUT2D eigenvalue weighted by Crippen LogP contribution is 2.18. The molecule has 0 aliphatic carbocycles. The van der Waals surface area contributed by atoms with Crippen molar-refractivity contribution in [3.8, 4) is 0 Å². The summed E-state index contributed by atoms with van der Waals surface area (Å²) in [4.78, 5) is 7.80. The second-order valence-corrected chi connectivity index (χ2v) is 4.43. The van der Waals surface area contributed by atoms with Crippen LogP contribution in [0.2, 0.25) is 5.02 Å². The quantitative estimate of drug-likeness (QED) is 0.887. The summed E-state index contributed by atoms with van der Waals surface area (Å²) < 4.78 is 26.6. The fraction of sp³-hybridized carbons (Fsp3) is 0.231. The molecular formula is C13H13ClF2N4. The zero-order valence-corrected chi connectivity index (χ0v) is 11.5. The highest BCUT2D eigenvalue weighted by Gasteiger charge is 2.07. The van der Waals surface area contributed by atoms with Crippen molar-refractivity contribution in [3.05, 3.63) is 46.6 Å². The SMILES string of the molecule is CCNc1ncc(F)c(NCc2ccc(F)c(Cl)c2)n1. The first-order valence-electron chi connectivity index (χ1n) is 6.04. The number of rotatable bonds is 5. The zero-order chi connectivity index (χ0) is 14.5. The molecule has 0 saturated carbocycles. The van der Waals surface area contributed by atoms with Gasteiger partial charge in [0, 0.05) is 13.1 Å². The van der Waals surface area contributed by atoms with Gasteiger partial charge in [0.05, 0.1) is 11.2 Å². The lowest BCUT2D eigenvalue weighted by Crippen LogP contribution is -2.08. The Balaban J connectivity index is 2.09. The Kier molecular flexibility index (Phi) is 4.68. The molecule has 4 nitrogen and oxygen atoms in total. The third-order valence-electron chi connectivity index (χ3n) is 2.52. The van der Waals surface area contributed by atoms with Crippen LogP contribution >= 0.6 is 11.6 Å². The molecule has 0 bridgehead atoms. The lowest BCUT2D eigenvalue weighted by atomic mass is 10.2. The molecular weight excluding hydrogens is 286 g/mol. The first-order valence-corrected chi connectivity index (χ1v) is 6.42. The van der Waals surface area contributed by atoms with Crippen molar-refractivity contribution < 1.29 is 8.78 Å². The van der Waals surface area contributed by atoms with Gasteiger partial charge in [-0.1, -0.05) is 17.7 Å². The molecule has 0 radical (unpaired) electrons. The maximum absolute atomic E-state index is 13.6. The van der Waals surface area contributed by atoms with Crippen LogP contribution in [0.1, 0.15) is 12.5 Å². The average molecular weight is 299 g/mol. The number of halogens is 3. The van der Waals surface area contributed by atoms with Gasteiger partial charge in [0.2, 0.25) is 5.95 Å². The normalized spacial score (nSPS) is 10.4. The number of benzene rings is 1. The van der Waals surface area contributed by atoms with Crippen molar-refractivity contribution in [1.82, 2.24) is 9.97 Å². The van der Waals surface area contributed by atoms with Crippen LogP contribution in [0.25, 0.3) is 0 Å². The summed E-state index contributed by atoms with van der Waals surface area (Å²) in [5.74, 6) is -0.622. The van der Waals surface area contributed by atoms with Crippen LogP contribution < -0.4 is 10.6 Å². The number of nitrogens with one attached hydrogen (secondary N) is 2. The monoisotopic (exact) mass is 298 g/mol. The van der Waals surface area contributed by atoms with Crippen molar-refractivity contribution in [3.63, 3.8) is 0 Å². The van der Waals surface area contributed by atoms with Crippen LogP contribution in [0.5, 0.6) is 0 Å². The minimum atomic E-state index is -0.556. The van der Waals surface area contributed by atoms with Crippen LogP contribution in [-0.2, 0) is 6.54 Å². The minimum absolute atomic E-state index is 0.0285. The maximum Gasteiger partial charge on any atom is 0.224 e. The first kappa shape index (κ1) is 14.5. The minimum Gasteiger partial charge on any atom is -0.363 e. The number of hydrogen-bond acceptors (Lipinski definition) is 4. The van der Waals surface area contributed by atoms with Gasteiger partial charge >= 0.3 is 0 Å². The van der Waals surface area contributed by atoms with E-state index in [1.807, 2.05) is 6.92 Å². The highest BCUT2D eigenvalue weighted by molar-refractivity contribution is 6.30. The van der Waals surface area contributed by atoms with E-state index in [0.717, 1.165) is 11.8 Å². The standard InChI is InChI=1S/C13H13ClF2N4/c1-2-17-13-19-7-11(16)12(20-13)18-6-8-3-4-10(15)9(14)5-8/h3-5,7H,2,6H2,1H3,(H2,17,18,19,20). The van der Waals surface area contributed by atoms with Crippen LogP contribution in [0, 0.1) is 11.6 Å². The molecule has 20 heavy (non-hydrogen) atoms. The molecule has 0 aliphatic heterocycles. The summed E-state index contributed by atoms with van der Waals surface area (Å²) in [6, 6.07) is 4.31. The summed E-state index contributed by atoms with van der Waals surface area (Å²) >= 11 is 5.68. The second-order valence-electron chi connectivity index (χ2n) is 4.02. The number of anilines is 2. The lowest BCUT2D eigenvalue weighted by Gasteiger charge is -2.09. The summed E-state index contributed by atoms with van der Waals surface area (Å²) in [7, 11) is 0. The zero-order valence-electron chi connectivity index (χ0n) is 10.8. The van der Waals surface area contributed by atoms with E-state index < -0.39 is 11.6 Å². The average Bonchev–Trinajstić information content (AvgIpc) is 2.43. The van der Waals surface area contributed by atoms with E-state index in [9.17, 15) is 8.78 Å². The molecule has 2 rings (SSSR count). The molecule has 0 saturated heterocycles. The summed E-state index contributed by atoms with van der Waals surface area (Å²) in [6.07, 6.45) is 1.09. The van der Waals surface area contributed by atoms with Crippen LogP contribution in [0.3, 0.4) is 0 Å². The summed E-state index contributed by atoms with van der Waals surface area (Å²) in [5.41, 5.74) is 0.722. The Morgan fingerprint density at radius 3 is 2.70 bits per heavy atom. The van der Waals surface area contributed by atoms with E-state index in [-0.39, 0.29) is 17.4 Å². The molecule has 1 aromatic heterocycles. The Labute approximate surface area is 120 Å². The van der Waals surface area contributed by atoms with Gasteiger partial charge in [-0.25, -0.2) is 13.8 Å². The summed E-state index contributed by atoms with van der Waals surface area (Å²) in [5, 5.41) is 5.75. The predicted octanol–water partition coefficient (Wildman–Crippen LogP) is 3.45. The molecule has 0 amide bonds. The third-order valence-corrected chi connectivity index (χ3v) is 2.81. The molecule has 2 N–H and O–H groups in total. The van der Waals surface area contributed by atoms with Crippen molar-refractivity contribution in [2.45, 2.75) is 13.5 Å². The van der Waals surface area contributed by atoms with Gasteiger partial charge in [-0.2, -0.15) is 4.98 Å². The van der Waals surface area contributed by atoms with E-state index in [1.165, 1.54) is 12.1 Å². The van der Waals surface area contributed by atoms with Crippen LogP contribution in [0.4, 0.5) is 20.5 Å². The van der Waals surface area contributed by atoms with Crippen molar-refractivity contribution in [2.75, 3.05) is 17.2 Å². The number of hydrogen-bond donors (Lipinski definition) is 2. The molecule has 0 spiro atoms. The third kappa shape index (κ3) is 3.54. The Morgan fingerprint density at radius 1 is 1.20 bits per heavy atom. The maximum atomic E-state index is 13.6. The molecule has 106 valence electrons. The smallest absolute Gasteiger partial charge is 0.224 e. The van der Waals surface area contributed by atoms with Crippen LogP contribution in [0.15, 0.2) is 24.4 Å². The molecule has 1 aromatic carbocycles. The van der Waals surface area contributed by atoms with Gasteiger partial charge in [0.15, 0.2) is 11.6 Å². The molecule has 7 heteroatoms. The van der Waals surface area contributed by atoms with E-state index in [0.29, 0.717) is 12.5 Å². The Hall–Kier alpha value is -1.95. The fourth-order valence-electron chi connectivity index (χ4n) is 1.57. The Morgan fingerprint density at radius 2 is 2.00 bits per heavy atom. The number of nitrogens with zero attached hydrogens (tertiary/aromatic N) is 2. The summed E-state index contributed by atoms with van der Waals surface area (Å²) in [6.45, 7) is 2.80. The van der Waals surface area contributed by atoms with Crippen molar-refractivity contribution in [2.24, 2.45) is 0 Å². The van der Waals surface area contributed by atoms with Crippen LogP contribution in [-0.4, -0.2) is 16.5 Å². The molecule has 0 fully saturated rings. The van der Waals surface area contributed by atoms with Gasteiger partial charge in [-0.3, -0.25) is 0 Å². The van der Waals surface area contributed by atoms with E-state index in [4.69, 9.17) is 11.6 Å². The molecule has 0 unspecified atom stereocenters. The topological polar surface area (TPSA) is 49.8 Å². The van der Waals surface area contributed by atoms with Gasteiger partial charge in [0.25, 0.3) is 0 Å². The van der Waals surface area contributed by atoms with E-state index in [1.54, 1.807) is 6.07 Å². The molecule has 1 heterocycles.